The zero-order chi connectivity index (χ0) is 43.0. The number of anilines is 3. The molecular weight excluding hydrogens is 820 g/mol. The third-order valence-electron chi connectivity index (χ3n) is 10.6. The first-order chi connectivity index (χ1) is 28.2. The molecule has 0 N–H and O–H groups in total. The summed E-state index contributed by atoms with van der Waals surface area (Å²) in [5, 5.41) is 0. The molecule has 0 bridgehead atoms. The van der Waals surface area contributed by atoms with Crippen LogP contribution in [0, 0.1) is 0 Å². The molecule has 0 atom stereocenters. The van der Waals surface area contributed by atoms with Crippen molar-refractivity contribution in [1.82, 2.24) is 0 Å². The molecule has 60 heavy (non-hydrogen) atoms. The fourth-order valence-electron chi connectivity index (χ4n) is 7.35. The van der Waals surface area contributed by atoms with Crippen LogP contribution < -0.4 is 66.1 Å². The Labute approximate surface area is 402 Å². The Bertz CT molecular complexity index is 2220. The predicted octanol–water partition coefficient (Wildman–Crippen LogP) is 5.12. The fourth-order valence-corrected chi connectivity index (χ4v) is 8.31. The van der Waals surface area contributed by atoms with Crippen LogP contribution in [0.1, 0.15) is 71.1 Å². The molecule has 318 valence electrons. The van der Waals surface area contributed by atoms with Gasteiger partial charge >= 0.3 is 51.4 Å². The SMILES string of the molecule is CCN(CC)c1ccc(C(=CC=CC(=C2C=CC(=[N+](CC)CCCS(=O)(=O)[O-])C=C2)c2ccc(N(CC)CC)cc2)c2ccc(N(CC)CCCS(=O)(=O)[O-])cc2)cc1.[K+]. The van der Waals surface area contributed by atoms with E-state index >= 15 is 0 Å². The molecular formula is C47H61KN4O6S2. The number of hydrogen-bond donors (Lipinski definition) is 0. The van der Waals surface area contributed by atoms with Gasteiger partial charge in [0.2, 0.25) is 0 Å². The zero-order valence-electron chi connectivity index (χ0n) is 36.5. The van der Waals surface area contributed by atoms with E-state index in [1.54, 1.807) is 0 Å². The molecule has 10 nitrogen and oxygen atoms in total. The van der Waals surface area contributed by atoms with Gasteiger partial charge in [-0.25, -0.2) is 21.4 Å². The second-order valence-electron chi connectivity index (χ2n) is 14.3. The topological polar surface area (TPSA) is 127 Å². The molecule has 0 unspecified atom stereocenters. The molecule has 3 aromatic carbocycles. The largest absolute Gasteiger partial charge is 1.00 e. The summed E-state index contributed by atoms with van der Waals surface area (Å²) in [6, 6.07) is 25.5. The van der Waals surface area contributed by atoms with Gasteiger partial charge in [-0.15, -0.1) is 0 Å². The Morgan fingerprint density at radius 3 is 1.42 bits per heavy atom. The molecule has 1 aliphatic rings. The first kappa shape index (κ1) is 51.2. The van der Waals surface area contributed by atoms with Crippen molar-refractivity contribution in [1.29, 1.82) is 0 Å². The first-order valence-corrected chi connectivity index (χ1v) is 23.9. The maximum atomic E-state index is 11.2. The van der Waals surface area contributed by atoms with Gasteiger partial charge in [0.1, 0.15) is 13.1 Å². The molecule has 0 fully saturated rings. The molecule has 3 aromatic rings. The van der Waals surface area contributed by atoms with Crippen molar-refractivity contribution < 1.29 is 81.9 Å². The number of rotatable bonds is 22. The van der Waals surface area contributed by atoms with Gasteiger partial charge in [-0.05, 0) is 130 Å². The minimum atomic E-state index is -4.27. The van der Waals surface area contributed by atoms with Crippen molar-refractivity contribution in [3.8, 4) is 0 Å². The molecule has 0 amide bonds. The second-order valence-corrected chi connectivity index (χ2v) is 17.3. The molecule has 13 heteroatoms. The minimum Gasteiger partial charge on any atom is -0.748 e. The quantitative estimate of drug-likeness (QED) is 0.0586. The van der Waals surface area contributed by atoms with Crippen LogP contribution in [0.3, 0.4) is 0 Å². The van der Waals surface area contributed by atoms with Crippen LogP contribution >= 0.6 is 0 Å². The van der Waals surface area contributed by atoms with Crippen LogP contribution in [0.5, 0.6) is 0 Å². The summed E-state index contributed by atoms with van der Waals surface area (Å²) in [7, 11) is -8.54. The Hall–Kier alpha value is -3.11. The first-order valence-electron chi connectivity index (χ1n) is 20.8. The smallest absolute Gasteiger partial charge is 0.748 e. The van der Waals surface area contributed by atoms with Gasteiger partial charge in [0, 0.05) is 86.4 Å². The monoisotopic (exact) mass is 880 g/mol. The van der Waals surface area contributed by atoms with Crippen molar-refractivity contribution >= 4 is 54.2 Å². The third kappa shape index (κ3) is 15.7. The van der Waals surface area contributed by atoms with Gasteiger partial charge in [0.05, 0.1) is 20.2 Å². The summed E-state index contributed by atoms with van der Waals surface area (Å²) >= 11 is 0. The van der Waals surface area contributed by atoms with Crippen LogP contribution in [0.25, 0.3) is 11.1 Å². The van der Waals surface area contributed by atoms with Crippen LogP contribution in [-0.2, 0) is 20.2 Å². The summed E-state index contributed by atoms with van der Waals surface area (Å²) in [6.45, 7) is 18.6. The summed E-state index contributed by atoms with van der Waals surface area (Å²) < 4.78 is 69.4. The number of hydrogen-bond acceptors (Lipinski definition) is 9. The van der Waals surface area contributed by atoms with E-state index in [-0.39, 0.29) is 75.7 Å². The fraction of sp³-hybridized carbons (Fsp3) is 0.383. The molecule has 0 saturated heterocycles. The Kier molecular flexibility index (Phi) is 21.4. The van der Waals surface area contributed by atoms with Crippen LogP contribution in [0.2, 0.25) is 0 Å². The normalized spacial score (nSPS) is 13.1. The third-order valence-corrected chi connectivity index (χ3v) is 12.2. The van der Waals surface area contributed by atoms with Gasteiger partial charge < -0.3 is 23.8 Å². The summed E-state index contributed by atoms with van der Waals surface area (Å²) in [4.78, 5) is 6.70. The van der Waals surface area contributed by atoms with E-state index < -0.39 is 20.2 Å². The molecule has 0 spiro atoms. The van der Waals surface area contributed by atoms with Crippen LogP contribution in [0.4, 0.5) is 17.1 Å². The zero-order valence-corrected chi connectivity index (χ0v) is 41.3. The van der Waals surface area contributed by atoms with Crippen molar-refractivity contribution in [2.75, 3.05) is 78.6 Å². The minimum absolute atomic E-state index is 0. The summed E-state index contributed by atoms with van der Waals surface area (Å²) in [5.41, 5.74) is 10.5. The number of nitrogens with zero attached hydrogens (tertiary/aromatic N) is 4. The standard InChI is InChI=1S/C47H62N4O6S2.K/c1-7-48(8-2)42-26-18-38(19-27-42)46(40-22-30-44(31-23-40)50(11-5)34-14-36-58(52,53)54)16-13-17-47(39-20-28-43(29-21-39)49(9-3)10-4)41-24-32-45(33-25-41)51(12-6)35-15-37-59(55,56)57;/h13,16-33H,7-12,14-15,34-37H2,1-6H3,(H-,52,53,54,55,56,57);/q;+1/p-1. The second kappa shape index (κ2) is 25.1. The van der Waals surface area contributed by atoms with E-state index in [2.05, 4.69) is 138 Å². The van der Waals surface area contributed by atoms with E-state index in [0.717, 1.165) is 82.4 Å². The molecule has 4 rings (SSSR count). The summed E-state index contributed by atoms with van der Waals surface area (Å²) in [6.07, 6.45) is 15.2. The molecule has 0 aromatic heterocycles. The van der Waals surface area contributed by atoms with E-state index in [1.165, 1.54) is 0 Å². The van der Waals surface area contributed by atoms with Crippen molar-refractivity contribution in [2.24, 2.45) is 0 Å². The number of allylic oxidation sites excluding steroid dienone is 9. The average molecular weight is 881 g/mol. The van der Waals surface area contributed by atoms with Gasteiger partial charge in [0.25, 0.3) is 0 Å². The Morgan fingerprint density at radius 2 is 1.00 bits per heavy atom. The van der Waals surface area contributed by atoms with Gasteiger partial charge in [-0.3, -0.25) is 0 Å². The summed E-state index contributed by atoms with van der Waals surface area (Å²) in [5.74, 6) is -0.773. The van der Waals surface area contributed by atoms with Gasteiger partial charge in [-0.2, -0.15) is 0 Å². The molecule has 0 aliphatic heterocycles. The van der Waals surface area contributed by atoms with Gasteiger partial charge in [-0.1, -0.05) is 54.6 Å². The van der Waals surface area contributed by atoms with Crippen LogP contribution in [0.15, 0.2) is 121 Å². The van der Waals surface area contributed by atoms with Crippen LogP contribution in [-0.4, -0.2) is 100 Å². The van der Waals surface area contributed by atoms with Crippen molar-refractivity contribution in [2.45, 2.75) is 54.4 Å². The van der Waals surface area contributed by atoms with E-state index in [9.17, 15) is 25.9 Å². The maximum absolute atomic E-state index is 11.2. The number of benzene rings is 3. The van der Waals surface area contributed by atoms with E-state index in [1.807, 2.05) is 38.1 Å². The Morgan fingerprint density at radius 1 is 0.583 bits per heavy atom. The predicted molar refractivity (Wildman–Crippen MR) is 245 cm³/mol. The van der Waals surface area contributed by atoms with E-state index in [4.69, 9.17) is 0 Å². The van der Waals surface area contributed by atoms with E-state index in [0.29, 0.717) is 26.2 Å². The molecule has 1 aliphatic carbocycles. The molecule has 0 heterocycles. The molecule has 0 saturated carbocycles. The maximum Gasteiger partial charge on any atom is 1.00 e. The average Bonchev–Trinajstić information content (AvgIpc) is 3.22. The van der Waals surface area contributed by atoms with Gasteiger partial charge in [0.15, 0.2) is 5.71 Å². The molecule has 0 radical (unpaired) electrons. The van der Waals surface area contributed by atoms with Crippen molar-refractivity contribution in [3.63, 3.8) is 0 Å². The Balaban J connectivity index is 0.00000961. The van der Waals surface area contributed by atoms with Crippen molar-refractivity contribution in [3.05, 3.63) is 138 Å².